The van der Waals surface area contributed by atoms with Crippen molar-refractivity contribution in [1.29, 1.82) is 0 Å². The molecule has 0 saturated heterocycles. The van der Waals surface area contributed by atoms with Crippen molar-refractivity contribution < 1.29 is 9.53 Å². The Kier molecular flexibility index (Phi) is 5.84. The fourth-order valence-electron chi connectivity index (χ4n) is 3.42. The van der Waals surface area contributed by atoms with E-state index in [-0.39, 0.29) is 12.6 Å². The highest BCUT2D eigenvalue weighted by atomic mass is 16.5. The molecule has 2 aromatic heterocycles. The molecule has 0 radical (unpaired) electrons. The highest BCUT2D eigenvalue weighted by Gasteiger charge is 2.11. The lowest BCUT2D eigenvalue weighted by Gasteiger charge is -2.08. The van der Waals surface area contributed by atoms with Crippen molar-refractivity contribution in [2.45, 2.75) is 34.0 Å². The van der Waals surface area contributed by atoms with Gasteiger partial charge >= 0.3 is 0 Å². The Hall–Kier alpha value is -3.87. The van der Waals surface area contributed by atoms with Crippen LogP contribution in [0.5, 0.6) is 5.75 Å². The Balaban J connectivity index is 1.34. The summed E-state index contributed by atoms with van der Waals surface area (Å²) in [6, 6.07) is 16.0. The molecule has 0 aliphatic heterocycles. The molecule has 0 unspecified atom stereocenters. The normalized spacial score (nSPS) is 10.8. The van der Waals surface area contributed by atoms with Crippen LogP contribution in [0.4, 0.5) is 5.69 Å². The molecule has 1 amide bonds. The van der Waals surface area contributed by atoms with Gasteiger partial charge in [-0.25, -0.2) is 4.68 Å². The number of amides is 1. The Bertz CT molecular complexity index is 1190. The van der Waals surface area contributed by atoms with Gasteiger partial charge in [0, 0.05) is 12.4 Å². The maximum atomic E-state index is 12.5. The average molecular weight is 415 g/mol. The summed E-state index contributed by atoms with van der Waals surface area (Å²) in [6.07, 6.45) is 5.16. The quantitative estimate of drug-likeness (QED) is 0.487. The second-order valence-electron chi connectivity index (χ2n) is 7.71. The first-order valence-electron chi connectivity index (χ1n) is 10.1. The van der Waals surface area contributed by atoms with E-state index < -0.39 is 0 Å². The molecule has 0 atom stereocenters. The van der Waals surface area contributed by atoms with E-state index in [9.17, 15) is 4.79 Å². The van der Waals surface area contributed by atoms with Gasteiger partial charge in [-0.3, -0.25) is 9.48 Å². The van der Waals surface area contributed by atoms with Gasteiger partial charge in [0.25, 0.3) is 5.91 Å². The first kappa shape index (κ1) is 20.4. The first-order valence-corrected chi connectivity index (χ1v) is 10.1. The number of aromatic nitrogens is 4. The lowest BCUT2D eigenvalue weighted by atomic mass is 10.1. The van der Waals surface area contributed by atoms with Gasteiger partial charge in [-0.05, 0) is 55.7 Å². The van der Waals surface area contributed by atoms with Crippen molar-refractivity contribution in [2.75, 3.05) is 5.32 Å². The number of anilines is 1. The minimum Gasteiger partial charge on any atom is -0.471 e. The number of carbonyl (C=O) groups is 1. The van der Waals surface area contributed by atoms with Gasteiger partial charge < -0.3 is 10.1 Å². The van der Waals surface area contributed by atoms with Crippen molar-refractivity contribution in [3.63, 3.8) is 0 Å². The number of rotatable bonds is 7. The van der Waals surface area contributed by atoms with Crippen LogP contribution < -0.4 is 10.1 Å². The smallest absolute Gasteiger partial charge is 0.276 e. The number of hydrogen-bond acceptors (Lipinski definition) is 4. The summed E-state index contributed by atoms with van der Waals surface area (Å²) >= 11 is 0. The summed E-state index contributed by atoms with van der Waals surface area (Å²) in [5.74, 6) is 0.486. The first-order chi connectivity index (χ1) is 14.9. The second-order valence-corrected chi connectivity index (χ2v) is 7.71. The van der Waals surface area contributed by atoms with Crippen LogP contribution in [0.2, 0.25) is 0 Å². The molecule has 0 bridgehead atoms. The molecule has 0 fully saturated rings. The second kappa shape index (κ2) is 8.87. The summed E-state index contributed by atoms with van der Waals surface area (Å²) in [4.78, 5) is 12.5. The van der Waals surface area contributed by atoms with Gasteiger partial charge in [0.1, 0.15) is 5.75 Å². The third-order valence-electron chi connectivity index (χ3n) is 4.75. The molecule has 0 saturated carbocycles. The zero-order valence-corrected chi connectivity index (χ0v) is 17.9. The van der Waals surface area contributed by atoms with Gasteiger partial charge in [-0.2, -0.15) is 10.2 Å². The molecule has 0 aliphatic carbocycles. The number of benzene rings is 2. The van der Waals surface area contributed by atoms with Crippen molar-refractivity contribution in [2.24, 2.45) is 0 Å². The van der Waals surface area contributed by atoms with Crippen molar-refractivity contribution in [3.8, 4) is 5.75 Å². The van der Waals surface area contributed by atoms with Gasteiger partial charge in [-0.15, -0.1) is 0 Å². The van der Waals surface area contributed by atoms with Crippen molar-refractivity contribution in [1.82, 2.24) is 19.6 Å². The van der Waals surface area contributed by atoms with E-state index in [1.807, 2.05) is 32.0 Å². The van der Waals surface area contributed by atoms with Crippen molar-refractivity contribution in [3.05, 3.63) is 95.1 Å². The summed E-state index contributed by atoms with van der Waals surface area (Å²) in [7, 11) is 0. The molecule has 1 N–H and O–H groups in total. The monoisotopic (exact) mass is 415 g/mol. The van der Waals surface area contributed by atoms with Crippen LogP contribution in [0, 0.1) is 20.8 Å². The molecular weight excluding hydrogens is 390 g/mol. The molecule has 0 aliphatic rings. The predicted molar refractivity (Wildman–Crippen MR) is 119 cm³/mol. The van der Waals surface area contributed by atoms with Gasteiger partial charge in [-0.1, -0.05) is 35.9 Å². The number of hydrogen-bond donors (Lipinski definition) is 1. The number of ether oxygens (including phenoxy) is 1. The molecule has 2 aromatic carbocycles. The van der Waals surface area contributed by atoms with Gasteiger partial charge in [0.15, 0.2) is 12.4 Å². The summed E-state index contributed by atoms with van der Waals surface area (Å²) in [5, 5.41) is 11.5. The largest absolute Gasteiger partial charge is 0.471 e. The zero-order chi connectivity index (χ0) is 21.8. The van der Waals surface area contributed by atoms with Crippen LogP contribution in [0.25, 0.3) is 0 Å². The van der Waals surface area contributed by atoms with Crippen molar-refractivity contribution >= 4 is 11.6 Å². The third-order valence-corrected chi connectivity index (χ3v) is 4.75. The molecule has 31 heavy (non-hydrogen) atoms. The Labute approximate surface area is 181 Å². The maximum Gasteiger partial charge on any atom is 0.276 e. The highest BCUT2D eigenvalue weighted by Crippen LogP contribution is 2.17. The van der Waals surface area contributed by atoms with Gasteiger partial charge in [0.05, 0.1) is 18.4 Å². The van der Waals surface area contributed by atoms with Crippen LogP contribution in [0.1, 0.15) is 32.7 Å². The van der Waals surface area contributed by atoms with E-state index in [1.54, 1.807) is 34.0 Å². The Morgan fingerprint density at radius 1 is 1.00 bits per heavy atom. The fraction of sp³-hybridized carbons (Fsp3) is 0.208. The highest BCUT2D eigenvalue weighted by molar-refractivity contribution is 6.02. The number of nitrogens with zero attached hydrogens (tertiary/aromatic N) is 4. The summed E-state index contributed by atoms with van der Waals surface area (Å²) < 4.78 is 9.17. The zero-order valence-electron chi connectivity index (χ0n) is 17.9. The van der Waals surface area contributed by atoms with E-state index in [1.165, 1.54) is 5.56 Å². The molecule has 7 nitrogen and oxygen atoms in total. The molecule has 4 rings (SSSR count). The van der Waals surface area contributed by atoms with Gasteiger partial charge in [0.2, 0.25) is 0 Å². The molecule has 2 heterocycles. The van der Waals surface area contributed by atoms with Crippen LogP contribution in [-0.2, 0) is 13.3 Å². The number of aryl methyl sites for hydroxylation is 3. The predicted octanol–water partition coefficient (Wildman–Crippen LogP) is 4.34. The summed E-state index contributed by atoms with van der Waals surface area (Å²) in [5.41, 5.74) is 5.57. The van der Waals surface area contributed by atoms with E-state index >= 15 is 0 Å². The Morgan fingerprint density at radius 3 is 2.58 bits per heavy atom. The molecule has 0 spiro atoms. The fourth-order valence-corrected chi connectivity index (χ4v) is 3.42. The Morgan fingerprint density at radius 2 is 1.81 bits per heavy atom. The standard InChI is InChI=1S/C24H25N5O2/c1-17-5-4-6-20(10-17)14-29-15-21(13-25-29)26-24(30)23-7-8-28(27-23)16-31-22-11-18(2)9-19(3)12-22/h4-13,15H,14,16H2,1-3H3,(H,26,30). The molecule has 158 valence electrons. The van der Waals surface area contributed by atoms with Crippen LogP contribution >= 0.6 is 0 Å². The minimum absolute atomic E-state index is 0.227. The van der Waals surface area contributed by atoms with Crippen LogP contribution in [0.3, 0.4) is 0 Å². The van der Waals surface area contributed by atoms with E-state index in [4.69, 9.17) is 4.74 Å². The lowest BCUT2D eigenvalue weighted by Crippen LogP contribution is -2.14. The molecule has 4 aromatic rings. The van der Waals surface area contributed by atoms with E-state index in [0.717, 1.165) is 22.4 Å². The van der Waals surface area contributed by atoms with E-state index in [0.29, 0.717) is 17.9 Å². The SMILES string of the molecule is Cc1cccc(Cn2cc(NC(=O)c3ccn(COc4cc(C)cc(C)c4)n3)cn2)c1. The number of carbonyl (C=O) groups excluding carboxylic acids is 1. The molecular formula is C24H25N5O2. The molecule has 7 heteroatoms. The third kappa shape index (κ3) is 5.39. The van der Waals surface area contributed by atoms with Crippen LogP contribution in [-0.4, -0.2) is 25.5 Å². The average Bonchev–Trinajstić information content (AvgIpc) is 3.35. The maximum absolute atomic E-state index is 12.5. The van der Waals surface area contributed by atoms with Crippen LogP contribution in [0.15, 0.2) is 67.1 Å². The summed E-state index contributed by atoms with van der Waals surface area (Å²) in [6.45, 7) is 6.98. The topological polar surface area (TPSA) is 74.0 Å². The number of nitrogens with one attached hydrogen (secondary N) is 1. The lowest BCUT2D eigenvalue weighted by molar-refractivity contribution is 0.102. The minimum atomic E-state index is -0.291. The van der Waals surface area contributed by atoms with E-state index in [2.05, 4.69) is 46.7 Å².